The van der Waals surface area contributed by atoms with E-state index in [2.05, 4.69) is 5.32 Å². The number of methoxy groups -OCH3 is 1. The van der Waals surface area contributed by atoms with Gasteiger partial charge in [0.25, 0.3) is 5.69 Å². The van der Waals surface area contributed by atoms with Gasteiger partial charge in [-0.05, 0) is 11.6 Å². The van der Waals surface area contributed by atoms with Crippen molar-refractivity contribution in [1.29, 1.82) is 0 Å². The Hall–Kier alpha value is -1.53. The number of non-ortho nitro benzene ring substituents is 1. The number of nitro benzene ring substituents is 1. The third-order valence-electron chi connectivity index (χ3n) is 3.09. The molecule has 92 valence electrons. The molecule has 1 aliphatic heterocycles. The molecular weight excluding hydrogens is 227 g/mol. The van der Waals surface area contributed by atoms with Gasteiger partial charge in [0.15, 0.2) is 0 Å². The van der Waals surface area contributed by atoms with Crippen LogP contribution in [0.1, 0.15) is 5.56 Å². The lowest BCUT2D eigenvalue weighted by Gasteiger charge is -2.41. The van der Waals surface area contributed by atoms with Crippen LogP contribution in [0.25, 0.3) is 0 Å². The third-order valence-corrected chi connectivity index (χ3v) is 3.09. The van der Waals surface area contributed by atoms with Crippen LogP contribution >= 0.6 is 0 Å². The number of hydrogen-bond donors (Lipinski definition) is 1. The second-order valence-electron chi connectivity index (χ2n) is 4.20. The number of ether oxygens (including phenoxy) is 1. The van der Waals surface area contributed by atoms with Crippen molar-refractivity contribution in [3.05, 3.63) is 39.7 Å². The van der Waals surface area contributed by atoms with E-state index in [0.717, 1.165) is 6.07 Å². The van der Waals surface area contributed by atoms with E-state index in [9.17, 15) is 14.5 Å². The van der Waals surface area contributed by atoms with Crippen LogP contribution in [0.15, 0.2) is 18.2 Å². The zero-order valence-electron chi connectivity index (χ0n) is 9.40. The first kappa shape index (κ1) is 11.9. The number of nitrogens with one attached hydrogen (secondary N) is 1. The molecule has 1 aromatic carbocycles. The van der Waals surface area contributed by atoms with Gasteiger partial charge in [-0.2, -0.15) is 0 Å². The first-order valence-electron chi connectivity index (χ1n) is 5.25. The molecule has 0 aromatic heterocycles. The first-order chi connectivity index (χ1) is 8.06. The summed E-state index contributed by atoms with van der Waals surface area (Å²) in [4.78, 5) is 9.87. The molecule has 0 atom stereocenters. The van der Waals surface area contributed by atoms with Gasteiger partial charge in [0, 0.05) is 32.7 Å². The van der Waals surface area contributed by atoms with Gasteiger partial charge in [-0.25, -0.2) is 4.39 Å². The fraction of sp³-hybridized carbons (Fsp3) is 0.455. The van der Waals surface area contributed by atoms with Crippen molar-refractivity contribution in [3.63, 3.8) is 0 Å². The number of hydrogen-bond acceptors (Lipinski definition) is 4. The van der Waals surface area contributed by atoms with Gasteiger partial charge in [0.2, 0.25) is 0 Å². The van der Waals surface area contributed by atoms with Gasteiger partial charge in [0.1, 0.15) is 5.82 Å². The second-order valence-corrected chi connectivity index (χ2v) is 4.20. The summed E-state index contributed by atoms with van der Waals surface area (Å²) in [6, 6.07) is 3.71. The minimum absolute atomic E-state index is 0.232. The number of halogens is 1. The van der Waals surface area contributed by atoms with Crippen LogP contribution in [0.4, 0.5) is 10.1 Å². The van der Waals surface area contributed by atoms with Crippen molar-refractivity contribution < 1.29 is 14.1 Å². The van der Waals surface area contributed by atoms with Crippen LogP contribution in [-0.4, -0.2) is 30.7 Å². The molecule has 1 aromatic rings. The van der Waals surface area contributed by atoms with Crippen molar-refractivity contribution in [2.24, 2.45) is 0 Å². The van der Waals surface area contributed by atoms with Crippen molar-refractivity contribution in [3.8, 4) is 0 Å². The standard InChI is InChI=1S/C11H13FN2O3/c1-17-11(6-13-7-11)5-8-2-3-9(14(15)16)4-10(8)12/h2-4,13H,5-7H2,1H3. The lowest BCUT2D eigenvalue weighted by molar-refractivity contribution is -0.385. The van der Waals surface area contributed by atoms with Crippen LogP contribution in [0, 0.1) is 15.9 Å². The van der Waals surface area contributed by atoms with E-state index in [-0.39, 0.29) is 11.3 Å². The van der Waals surface area contributed by atoms with Crippen LogP contribution in [0.5, 0.6) is 0 Å². The van der Waals surface area contributed by atoms with Gasteiger partial charge >= 0.3 is 0 Å². The molecule has 5 nitrogen and oxygen atoms in total. The Balaban J connectivity index is 2.19. The molecule has 0 amide bonds. The topological polar surface area (TPSA) is 64.4 Å². The first-order valence-corrected chi connectivity index (χ1v) is 5.25. The summed E-state index contributed by atoms with van der Waals surface area (Å²) < 4.78 is 19.0. The highest BCUT2D eigenvalue weighted by Crippen LogP contribution is 2.25. The van der Waals surface area contributed by atoms with Crippen LogP contribution < -0.4 is 5.32 Å². The molecule has 0 spiro atoms. The maximum atomic E-state index is 13.7. The monoisotopic (exact) mass is 240 g/mol. The number of rotatable bonds is 4. The molecule has 1 saturated heterocycles. The predicted molar refractivity (Wildman–Crippen MR) is 59.4 cm³/mol. The predicted octanol–water partition coefficient (Wildman–Crippen LogP) is 1.26. The highest BCUT2D eigenvalue weighted by atomic mass is 19.1. The Kier molecular flexibility index (Phi) is 3.08. The van der Waals surface area contributed by atoms with Crippen LogP contribution in [0.2, 0.25) is 0 Å². The van der Waals surface area contributed by atoms with E-state index in [1.807, 2.05) is 0 Å². The molecule has 6 heteroatoms. The van der Waals surface area contributed by atoms with Crippen molar-refractivity contribution >= 4 is 5.69 Å². The number of nitro groups is 1. The molecule has 0 saturated carbocycles. The molecule has 0 aliphatic carbocycles. The van der Waals surface area contributed by atoms with Gasteiger partial charge in [-0.3, -0.25) is 10.1 Å². The van der Waals surface area contributed by atoms with Crippen molar-refractivity contribution in [1.82, 2.24) is 5.32 Å². The fourth-order valence-electron chi connectivity index (χ4n) is 1.89. The van der Waals surface area contributed by atoms with Gasteiger partial charge in [-0.1, -0.05) is 0 Å². The van der Waals surface area contributed by atoms with E-state index in [0.29, 0.717) is 25.1 Å². The summed E-state index contributed by atoms with van der Waals surface area (Å²) in [5.41, 5.74) is -0.167. The lowest BCUT2D eigenvalue weighted by Crippen LogP contribution is -2.62. The largest absolute Gasteiger partial charge is 0.375 e. The van der Waals surface area contributed by atoms with Crippen LogP contribution in [0.3, 0.4) is 0 Å². The summed E-state index contributed by atoms with van der Waals surface area (Å²) in [7, 11) is 1.59. The Morgan fingerprint density at radius 2 is 2.29 bits per heavy atom. The van der Waals surface area contributed by atoms with Gasteiger partial charge in [0.05, 0.1) is 16.6 Å². The molecule has 1 aliphatic rings. The normalized spacial score (nSPS) is 17.5. The van der Waals surface area contributed by atoms with Crippen molar-refractivity contribution in [2.75, 3.05) is 20.2 Å². The fourth-order valence-corrected chi connectivity index (χ4v) is 1.89. The lowest BCUT2D eigenvalue weighted by atomic mass is 9.88. The Morgan fingerprint density at radius 3 is 2.71 bits per heavy atom. The van der Waals surface area contributed by atoms with Gasteiger partial charge in [-0.15, -0.1) is 0 Å². The Bertz CT molecular complexity index is 441. The summed E-state index contributed by atoms with van der Waals surface area (Å²) in [6.07, 6.45) is 0.417. The maximum absolute atomic E-state index is 13.7. The Labute approximate surface area is 97.7 Å². The number of nitrogens with zero attached hydrogens (tertiary/aromatic N) is 1. The van der Waals surface area contributed by atoms with E-state index in [4.69, 9.17) is 4.74 Å². The molecule has 0 bridgehead atoms. The molecule has 1 fully saturated rings. The minimum Gasteiger partial charge on any atom is -0.375 e. The zero-order valence-corrected chi connectivity index (χ0v) is 9.40. The van der Waals surface area contributed by atoms with Crippen molar-refractivity contribution in [2.45, 2.75) is 12.0 Å². The maximum Gasteiger partial charge on any atom is 0.272 e. The summed E-state index contributed by atoms with van der Waals surface area (Å²) in [6.45, 7) is 1.33. The average Bonchev–Trinajstić information content (AvgIpc) is 2.25. The quantitative estimate of drug-likeness (QED) is 0.635. The third kappa shape index (κ3) is 2.27. The molecule has 2 rings (SSSR count). The molecule has 17 heavy (non-hydrogen) atoms. The minimum atomic E-state index is -0.607. The molecule has 0 radical (unpaired) electrons. The second kappa shape index (κ2) is 4.38. The molecular formula is C11H13FN2O3. The molecule has 1 N–H and O–H groups in total. The van der Waals surface area contributed by atoms with E-state index in [1.54, 1.807) is 7.11 Å². The zero-order chi connectivity index (χ0) is 12.5. The number of benzene rings is 1. The van der Waals surface area contributed by atoms with E-state index < -0.39 is 10.7 Å². The Morgan fingerprint density at radius 1 is 1.59 bits per heavy atom. The highest BCUT2D eigenvalue weighted by molar-refractivity contribution is 5.35. The summed E-state index contributed by atoms with van der Waals surface area (Å²) >= 11 is 0. The van der Waals surface area contributed by atoms with E-state index >= 15 is 0 Å². The van der Waals surface area contributed by atoms with E-state index in [1.165, 1.54) is 12.1 Å². The highest BCUT2D eigenvalue weighted by Gasteiger charge is 2.37. The summed E-state index contributed by atoms with van der Waals surface area (Å²) in [5.74, 6) is -0.553. The average molecular weight is 240 g/mol. The van der Waals surface area contributed by atoms with Gasteiger partial charge < -0.3 is 10.1 Å². The van der Waals surface area contributed by atoms with Crippen LogP contribution in [-0.2, 0) is 11.2 Å². The SMILES string of the molecule is COC1(Cc2ccc([N+](=O)[O-])cc2F)CNC1. The smallest absolute Gasteiger partial charge is 0.272 e. The summed E-state index contributed by atoms with van der Waals surface area (Å²) in [5, 5.41) is 13.5. The molecule has 0 unspecified atom stereocenters. The molecule has 1 heterocycles.